The van der Waals surface area contributed by atoms with Gasteiger partial charge in [-0.1, -0.05) is 18.2 Å². The minimum Gasteiger partial charge on any atom is -0.490 e. The first-order valence-corrected chi connectivity index (χ1v) is 14.1. The Morgan fingerprint density at radius 1 is 1.11 bits per heavy atom. The molecule has 0 spiro atoms. The number of aryl methyl sites for hydroxylation is 1. The molecule has 1 saturated heterocycles. The van der Waals surface area contributed by atoms with Gasteiger partial charge >= 0.3 is 0 Å². The Labute approximate surface area is 228 Å². The molecule has 0 bridgehead atoms. The van der Waals surface area contributed by atoms with Crippen LogP contribution in [0.5, 0.6) is 5.75 Å². The van der Waals surface area contributed by atoms with E-state index in [1.807, 2.05) is 36.2 Å². The quantitative estimate of drug-likeness (QED) is 0.436. The number of piperazine rings is 1. The van der Waals surface area contributed by atoms with Gasteiger partial charge < -0.3 is 24.4 Å². The summed E-state index contributed by atoms with van der Waals surface area (Å²) in [6, 6.07) is 15.1. The summed E-state index contributed by atoms with van der Waals surface area (Å²) in [6.07, 6.45) is 3.63. The highest BCUT2D eigenvalue weighted by Gasteiger charge is 2.30. The number of hydrogen-bond acceptors (Lipinski definition) is 6. The molecule has 2 aromatic carbocycles. The first-order valence-electron chi connectivity index (χ1n) is 14.1. The molecule has 0 aromatic heterocycles. The maximum absolute atomic E-state index is 13.4. The molecule has 208 valence electrons. The van der Waals surface area contributed by atoms with Gasteiger partial charge in [0.1, 0.15) is 5.75 Å². The summed E-state index contributed by atoms with van der Waals surface area (Å²) in [5.41, 5.74) is 4.66. The Hall–Kier alpha value is -2.45. The average molecular weight is 524 g/mol. The van der Waals surface area contributed by atoms with Crippen molar-refractivity contribution in [2.24, 2.45) is 5.92 Å². The number of rotatable bonds is 11. The fourth-order valence-corrected chi connectivity index (χ4v) is 5.52. The zero-order chi connectivity index (χ0) is 26.9. The number of hydrogen-bond donors (Lipinski definition) is 1. The molecule has 1 atom stereocenters. The molecule has 38 heavy (non-hydrogen) atoms. The van der Waals surface area contributed by atoms with Gasteiger partial charge in [-0.3, -0.25) is 9.69 Å². The molecule has 1 heterocycles. The minimum absolute atomic E-state index is 0.0442. The smallest absolute Gasteiger partial charge is 0.229 e. The van der Waals surface area contributed by atoms with E-state index in [1.165, 1.54) is 11.1 Å². The summed E-state index contributed by atoms with van der Waals surface area (Å²) < 4.78 is 16.9. The van der Waals surface area contributed by atoms with Crippen molar-refractivity contribution >= 4 is 11.6 Å². The highest BCUT2D eigenvalue weighted by atomic mass is 16.5. The van der Waals surface area contributed by atoms with E-state index in [4.69, 9.17) is 14.2 Å². The van der Waals surface area contributed by atoms with Gasteiger partial charge in [0.05, 0.1) is 25.9 Å². The molecule has 2 fully saturated rings. The van der Waals surface area contributed by atoms with Crippen LogP contribution in [-0.2, 0) is 27.4 Å². The van der Waals surface area contributed by atoms with E-state index >= 15 is 0 Å². The van der Waals surface area contributed by atoms with Gasteiger partial charge in [0.15, 0.2) is 0 Å². The van der Waals surface area contributed by atoms with E-state index in [0.717, 1.165) is 68.9 Å². The van der Waals surface area contributed by atoms with Crippen LogP contribution < -0.4 is 15.0 Å². The van der Waals surface area contributed by atoms with Crippen LogP contribution in [0, 0.1) is 12.8 Å². The number of carbonyl (C=O) groups is 1. The van der Waals surface area contributed by atoms with Gasteiger partial charge in [0, 0.05) is 58.0 Å². The van der Waals surface area contributed by atoms with Crippen molar-refractivity contribution in [3.63, 3.8) is 0 Å². The second-order valence-corrected chi connectivity index (χ2v) is 10.9. The third-order valence-corrected chi connectivity index (χ3v) is 7.82. The first kappa shape index (κ1) is 28.6. The average Bonchev–Trinajstić information content (AvgIpc) is 2.92. The van der Waals surface area contributed by atoms with E-state index in [-0.39, 0.29) is 17.9 Å². The number of anilines is 1. The van der Waals surface area contributed by atoms with Crippen LogP contribution in [0.4, 0.5) is 5.69 Å². The summed E-state index contributed by atoms with van der Waals surface area (Å²) in [5, 5.41) is 3.51. The molecule has 1 N–H and O–H groups in total. The molecule has 1 aliphatic heterocycles. The molecule has 0 unspecified atom stereocenters. The molecular formula is C31H45N3O4. The van der Waals surface area contributed by atoms with Crippen molar-refractivity contribution < 1.29 is 19.0 Å². The van der Waals surface area contributed by atoms with Crippen LogP contribution in [-0.4, -0.2) is 70.0 Å². The molecule has 0 radical (unpaired) electrons. The number of carbonyl (C=O) groups excluding carboxylic acids is 1. The minimum atomic E-state index is 0.0442. The fourth-order valence-electron chi connectivity index (χ4n) is 5.52. The maximum atomic E-state index is 13.4. The maximum Gasteiger partial charge on any atom is 0.229 e. The van der Waals surface area contributed by atoms with Crippen molar-refractivity contribution in [1.82, 2.24) is 10.2 Å². The predicted molar refractivity (Wildman–Crippen MR) is 152 cm³/mol. The number of benzene rings is 2. The van der Waals surface area contributed by atoms with E-state index in [2.05, 4.69) is 42.3 Å². The fraction of sp³-hybridized carbons (Fsp3) is 0.581. The summed E-state index contributed by atoms with van der Waals surface area (Å²) in [7, 11) is 3.59. The van der Waals surface area contributed by atoms with Crippen LogP contribution in [0.2, 0.25) is 0 Å². The third kappa shape index (κ3) is 8.03. The largest absolute Gasteiger partial charge is 0.490 e. The van der Waals surface area contributed by atoms with Crippen molar-refractivity contribution in [3.8, 4) is 5.75 Å². The second kappa shape index (κ2) is 14.1. The highest BCUT2D eigenvalue weighted by Crippen LogP contribution is 2.31. The van der Waals surface area contributed by atoms with Crippen LogP contribution in [0.25, 0.3) is 0 Å². The lowest BCUT2D eigenvalue weighted by Gasteiger charge is -2.32. The number of nitrogens with zero attached hydrogens (tertiary/aromatic N) is 2. The van der Waals surface area contributed by atoms with Crippen LogP contribution in [0.15, 0.2) is 42.5 Å². The normalized spacial score (nSPS) is 22.3. The Bertz CT molecular complexity index is 1040. The standard InChI is InChI=1S/C31H45N3O4/c1-23-18-28(11-8-27(23)21-34-15-14-32-24(2)20-34)33(3)31(35)26-9-12-29(13-10-26)38-30-7-5-6-25(19-30)22-37-17-16-36-4/h5-8,11,18-19,24,26,29,32H,9-10,12-17,20-22H2,1-4H3/t24-,26?,29?/m0/s1. The Morgan fingerprint density at radius 3 is 2.66 bits per heavy atom. The van der Waals surface area contributed by atoms with E-state index in [9.17, 15) is 4.79 Å². The molecule has 7 heteroatoms. The van der Waals surface area contributed by atoms with Gasteiger partial charge in [0.25, 0.3) is 0 Å². The third-order valence-electron chi connectivity index (χ3n) is 7.82. The van der Waals surface area contributed by atoms with E-state index < -0.39 is 0 Å². The molecule has 2 aromatic rings. The van der Waals surface area contributed by atoms with Gasteiger partial charge in [0.2, 0.25) is 5.91 Å². The van der Waals surface area contributed by atoms with E-state index in [0.29, 0.717) is 25.9 Å². The Morgan fingerprint density at radius 2 is 1.92 bits per heavy atom. The molecule has 2 aliphatic rings. The summed E-state index contributed by atoms with van der Waals surface area (Å²) >= 11 is 0. The first-order chi connectivity index (χ1) is 18.4. The zero-order valence-corrected chi connectivity index (χ0v) is 23.6. The molecule has 1 aliphatic carbocycles. The van der Waals surface area contributed by atoms with Crippen molar-refractivity contribution in [3.05, 3.63) is 59.2 Å². The molecular weight excluding hydrogens is 478 g/mol. The summed E-state index contributed by atoms with van der Waals surface area (Å²) in [6.45, 7) is 10.3. The Kier molecular flexibility index (Phi) is 10.6. The van der Waals surface area contributed by atoms with E-state index in [1.54, 1.807) is 7.11 Å². The topological polar surface area (TPSA) is 63.3 Å². The molecule has 4 rings (SSSR count). The number of methoxy groups -OCH3 is 1. The SMILES string of the molecule is COCCOCc1cccc(OC2CCC(C(=O)N(C)c3ccc(CN4CCN[C@@H](C)C4)c(C)c3)CC2)c1. The number of nitrogens with one attached hydrogen (secondary N) is 1. The van der Waals surface area contributed by atoms with Crippen LogP contribution in [0.1, 0.15) is 49.3 Å². The van der Waals surface area contributed by atoms with Crippen LogP contribution in [0.3, 0.4) is 0 Å². The van der Waals surface area contributed by atoms with Gasteiger partial charge in [-0.2, -0.15) is 0 Å². The second-order valence-electron chi connectivity index (χ2n) is 10.9. The molecule has 1 amide bonds. The van der Waals surface area contributed by atoms with Gasteiger partial charge in [-0.25, -0.2) is 0 Å². The highest BCUT2D eigenvalue weighted by molar-refractivity contribution is 5.94. The zero-order valence-electron chi connectivity index (χ0n) is 23.6. The predicted octanol–water partition coefficient (Wildman–Crippen LogP) is 4.55. The molecule has 1 saturated carbocycles. The lowest BCUT2D eigenvalue weighted by molar-refractivity contribution is -0.123. The monoisotopic (exact) mass is 523 g/mol. The number of ether oxygens (including phenoxy) is 3. The van der Waals surface area contributed by atoms with Crippen LogP contribution >= 0.6 is 0 Å². The summed E-state index contributed by atoms with van der Waals surface area (Å²) in [5.74, 6) is 1.12. The van der Waals surface area contributed by atoms with Crippen molar-refractivity contribution in [2.75, 3.05) is 51.9 Å². The summed E-state index contributed by atoms with van der Waals surface area (Å²) in [4.78, 5) is 17.7. The lowest BCUT2D eigenvalue weighted by atomic mass is 9.86. The van der Waals surface area contributed by atoms with Crippen molar-refractivity contribution in [1.29, 1.82) is 0 Å². The van der Waals surface area contributed by atoms with Crippen molar-refractivity contribution in [2.45, 2.75) is 64.8 Å². The number of amides is 1. The lowest BCUT2D eigenvalue weighted by Crippen LogP contribution is -2.48. The van der Waals surface area contributed by atoms with Gasteiger partial charge in [-0.15, -0.1) is 0 Å². The van der Waals surface area contributed by atoms with Gasteiger partial charge in [-0.05, 0) is 80.5 Å². The molecule has 7 nitrogen and oxygen atoms in total. The Balaban J connectivity index is 1.25.